The molecule has 48 heavy (non-hydrogen) atoms. The lowest BCUT2D eigenvalue weighted by atomic mass is 10.1. The Labute approximate surface area is 280 Å². The molecule has 0 N–H and O–H groups in total. The van der Waals surface area contributed by atoms with Crippen LogP contribution in [0.25, 0.3) is 50.5 Å². The Balaban J connectivity index is 1.40. The molecule has 5 nitrogen and oxygen atoms in total. The predicted octanol–water partition coefficient (Wildman–Crippen LogP) is 7.08. The van der Waals surface area contributed by atoms with Crippen LogP contribution in [0.2, 0.25) is 13.1 Å². The molecule has 0 amide bonds. The fraction of sp³-hybridized carbons (Fsp3) is 0.0488. The summed E-state index contributed by atoms with van der Waals surface area (Å²) in [6, 6.07) is 51.4. The molecule has 1 aliphatic rings. The molecule has 1 unspecified atom stereocenters. The molecule has 0 aliphatic carbocycles. The average Bonchev–Trinajstić information content (AvgIpc) is 3.48. The van der Waals surface area contributed by atoms with E-state index in [2.05, 4.69) is 72.3 Å². The third kappa shape index (κ3) is 4.23. The standard InChI is InChI=1S/C41H31N4OPSi/c1-48(2)37-25-15-14-24-35(37)47(46,30-20-10-5-11-21-30)36-27-34-32(26-38(36)48)31-22-12-13-23-33(31)45(34)41-43-39(28-16-6-3-7-17-28)42-40(44-41)29-18-8-4-9-19-29/h3-27H,1-2H3. The Bertz CT molecular complexity index is 2510. The van der Waals surface area contributed by atoms with E-state index in [1.165, 1.54) is 10.4 Å². The molecule has 8 aromatic rings. The van der Waals surface area contributed by atoms with Gasteiger partial charge in [-0.2, -0.15) is 9.97 Å². The first kappa shape index (κ1) is 28.8. The molecule has 1 aliphatic heterocycles. The van der Waals surface area contributed by atoms with Crippen LogP contribution in [-0.4, -0.2) is 27.6 Å². The van der Waals surface area contributed by atoms with Crippen molar-refractivity contribution in [3.8, 4) is 28.7 Å². The van der Waals surface area contributed by atoms with Crippen LogP contribution in [0.1, 0.15) is 0 Å². The quantitative estimate of drug-likeness (QED) is 0.150. The topological polar surface area (TPSA) is 60.7 Å². The number of fused-ring (bicyclic) bond motifs is 5. The lowest BCUT2D eigenvalue weighted by Gasteiger charge is -2.38. The van der Waals surface area contributed by atoms with E-state index in [-0.39, 0.29) is 0 Å². The van der Waals surface area contributed by atoms with Gasteiger partial charge in [0.2, 0.25) is 5.95 Å². The van der Waals surface area contributed by atoms with Crippen molar-refractivity contribution in [2.45, 2.75) is 13.1 Å². The molecule has 0 fully saturated rings. The molecule has 6 aromatic carbocycles. The summed E-state index contributed by atoms with van der Waals surface area (Å²) in [7, 11) is -5.49. The van der Waals surface area contributed by atoms with Crippen molar-refractivity contribution < 1.29 is 4.57 Å². The molecule has 0 spiro atoms. The van der Waals surface area contributed by atoms with Crippen molar-refractivity contribution in [3.63, 3.8) is 0 Å². The molecule has 3 heterocycles. The highest BCUT2D eigenvalue weighted by atomic mass is 31.2. The molecular formula is C41H31N4OPSi. The van der Waals surface area contributed by atoms with E-state index in [0.717, 1.165) is 48.8 Å². The zero-order valence-electron chi connectivity index (χ0n) is 26.6. The van der Waals surface area contributed by atoms with Crippen LogP contribution < -0.4 is 26.3 Å². The number of benzene rings is 6. The van der Waals surface area contributed by atoms with Gasteiger partial charge in [0.25, 0.3) is 0 Å². The molecule has 0 radical (unpaired) electrons. The van der Waals surface area contributed by atoms with E-state index in [9.17, 15) is 0 Å². The van der Waals surface area contributed by atoms with E-state index >= 15 is 4.57 Å². The van der Waals surface area contributed by atoms with Crippen LogP contribution in [0.5, 0.6) is 0 Å². The first-order chi connectivity index (χ1) is 23.4. The number of rotatable bonds is 4. The van der Waals surface area contributed by atoms with E-state index < -0.39 is 15.2 Å². The van der Waals surface area contributed by atoms with Gasteiger partial charge in [-0.3, -0.25) is 4.57 Å². The van der Waals surface area contributed by atoms with Gasteiger partial charge in [0.15, 0.2) is 18.8 Å². The van der Waals surface area contributed by atoms with Crippen molar-refractivity contribution in [2.24, 2.45) is 0 Å². The van der Waals surface area contributed by atoms with Crippen LogP contribution >= 0.6 is 7.14 Å². The number of aromatic nitrogens is 4. The Kier molecular flexibility index (Phi) is 6.48. The van der Waals surface area contributed by atoms with E-state index in [1.54, 1.807) is 0 Å². The molecule has 0 bridgehead atoms. The van der Waals surface area contributed by atoms with E-state index in [4.69, 9.17) is 15.0 Å². The molecule has 7 heteroatoms. The summed E-state index contributed by atoms with van der Waals surface area (Å²) >= 11 is 0. The molecule has 230 valence electrons. The lowest BCUT2D eigenvalue weighted by molar-refractivity contribution is 0.592. The molecule has 9 rings (SSSR count). The van der Waals surface area contributed by atoms with Crippen LogP contribution in [-0.2, 0) is 4.57 Å². The Morgan fingerprint density at radius 2 is 1.08 bits per heavy atom. The van der Waals surface area contributed by atoms with Gasteiger partial charge in [-0.25, -0.2) is 4.98 Å². The summed E-state index contributed by atoms with van der Waals surface area (Å²) in [5.74, 6) is 1.72. The predicted molar refractivity (Wildman–Crippen MR) is 201 cm³/mol. The summed E-state index contributed by atoms with van der Waals surface area (Å²) in [6.07, 6.45) is 0. The maximum Gasteiger partial charge on any atom is 0.238 e. The van der Waals surface area contributed by atoms with Gasteiger partial charge in [0.05, 0.1) is 11.0 Å². The van der Waals surface area contributed by atoms with Crippen LogP contribution in [0.15, 0.2) is 152 Å². The third-order valence-corrected chi connectivity index (χ3v) is 16.8. The number of hydrogen-bond acceptors (Lipinski definition) is 4. The Hall–Kier alpha value is -5.42. The number of hydrogen-bond donors (Lipinski definition) is 0. The smallest absolute Gasteiger partial charge is 0.238 e. The maximum atomic E-state index is 15.9. The van der Waals surface area contributed by atoms with Gasteiger partial charge in [0.1, 0.15) is 8.07 Å². The molecule has 0 saturated carbocycles. The zero-order valence-corrected chi connectivity index (χ0v) is 28.5. The summed E-state index contributed by atoms with van der Waals surface area (Å²) in [4.78, 5) is 15.2. The summed E-state index contributed by atoms with van der Waals surface area (Å²) < 4.78 is 18.1. The summed E-state index contributed by atoms with van der Waals surface area (Å²) in [5.41, 5.74) is 3.74. The van der Waals surface area contributed by atoms with Gasteiger partial charge < -0.3 is 4.57 Å². The van der Waals surface area contributed by atoms with Crippen molar-refractivity contribution in [3.05, 3.63) is 152 Å². The second-order valence-corrected chi connectivity index (χ2v) is 19.9. The second-order valence-electron chi connectivity index (χ2n) is 12.8. The first-order valence-corrected chi connectivity index (χ1v) is 20.9. The average molecular weight is 655 g/mol. The van der Waals surface area contributed by atoms with Crippen molar-refractivity contribution in [2.75, 3.05) is 0 Å². The maximum absolute atomic E-state index is 15.9. The first-order valence-electron chi connectivity index (χ1n) is 16.2. The van der Waals surface area contributed by atoms with Crippen molar-refractivity contribution in [1.82, 2.24) is 19.5 Å². The summed E-state index contributed by atoms with van der Waals surface area (Å²) in [5, 5.41) is 7.40. The third-order valence-electron chi connectivity index (χ3n) is 9.73. The van der Waals surface area contributed by atoms with Gasteiger partial charge in [-0.15, -0.1) is 0 Å². The highest BCUT2D eigenvalue weighted by Gasteiger charge is 2.46. The van der Waals surface area contributed by atoms with Gasteiger partial charge in [-0.05, 0) is 22.5 Å². The van der Waals surface area contributed by atoms with Gasteiger partial charge in [-0.1, -0.05) is 153 Å². The molecule has 0 saturated heterocycles. The minimum absolute atomic E-state index is 0.524. The second kappa shape index (κ2) is 10.8. The van der Waals surface area contributed by atoms with Crippen LogP contribution in [0.4, 0.5) is 0 Å². The fourth-order valence-corrected chi connectivity index (χ4v) is 15.5. The van der Waals surface area contributed by atoms with Crippen LogP contribution in [0, 0.1) is 0 Å². The molecule has 1 atom stereocenters. The number of para-hydroxylation sites is 1. The van der Waals surface area contributed by atoms with Gasteiger partial charge >= 0.3 is 0 Å². The Morgan fingerprint density at radius 3 is 1.75 bits per heavy atom. The fourth-order valence-electron chi connectivity index (χ4n) is 7.35. The summed E-state index contributed by atoms with van der Waals surface area (Å²) in [6.45, 7) is 4.77. The van der Waals surface area contributed by atoms with E-state index in [0.29, 0.717) is 17.6 Å². The monoisotopic (exact) mass is 654 g/mol. The minimum Gasteiger partial charge on any atom is -0.309 e. The van der Waals surface area contributed by atoms with E-state index in [1.807, 2.05) is 97.1 Å². The van der Waals surface area contributed by atoms with Crippen LogP contribution in [0.3, 0.4) is 0 Å². The molecular weight excluding hydrogens is 624 g/mol. The Morgan fingerprint density at radius 1 is 0.521 bits per heavy atom. The van der Waals surface area contributed by atoms with Crippen molar-refractivity contribution in [1.29, 1.82) is 0 Å². The van der Waals surface area contributed by atoms with Crippen molar-refractivity contribution >= 4 is 63.3 Å². The SMILES string of the molecule is C[Si]1(C)c2ccccc2P(=O)(c2ccccc2)c2cc3c(cc21)c1ccccc1n3-c1nc(-c2ccccc2)nc(-c2ccccc2)n1. The molecule has 2 aromatic heterocycles. The highest BCUT2D eigenvalue weighted by Crippen LogP contribution is 2.45. The highest BCUT2D eigenvalue weighted by molar-refractivity contribution is 7.87. The zero-order chi connectivity index (χ0) is 32.5. The lowest BCUT2D eigenvalue weighted by Crippen LogP contribution is -2.67. The normalized spacial score (nSPS) is 16.5. The minimum atomic E-state index is -3.23. The number of nitrogens with zero attached hydrogens (tertiary/aromatic N) is 4. The largest absolute Gasteiger partial charge is 0.309 e. The van der Waals surface area contributed by atoms with Gasteiger partial charge in [0, 0.05) is 37.8 Å².